The first kappa shape index (κ1) is 32.9. The summed E-state index contributed by atoms with van der Waals surface area (Å²) in [5.41, 5.74) is -0.344. The van der Waals surface area contributed by atoms with Crippen LogP contribution in [0.4, 0.5) is 5.69 Å². The van der Waals surface area contributed by atoms with Crippen LogP contribution in [0.2, 0.25) is 5.02 Å². The molecule has 2 saturated heterocycles. The number of nitrogens with zero attached hydrogens (tertiary/aromatic N) is 2. The number of likely N-dealkylation sites (tertiary alicyclic amines) is 1. The number of carbonyl (C=O) groups excluding carboxylic acids is 4. The molecule has 0 aliphatic carbocycles. The number of halogens is 1. The van der Waals surface area contributed by atoms with E-state index < -0.39 is 59.5 Å². The molecule has 4 aliphatic rings. The van der Waals surface area contributed by atoms with E-state index >= 15 is 0 Å². The van der Waals surface area contributed by atoms with E-state index in [1.165, 1.54) is 9.80 Å². The van der Waals surface area contributed by atoms with Crippen LogP contribution in [0.5, 0.6) is 0 Å². The highest BCUT2D eigenvalue weighted by Crippen LogP contribution is 2.56. The number of para-hydroxylation sites is 1. The number of allylic oxidation sites excluding steroid dienone is 1. The molecule has 7 atom stereocenters. The summed E-state index contributed by atoms with van der Waals surface area (Å²) in [6.07, 6.45) is 6.49. The van der Waals surface area contributed by atoms with Crippen molar-refractivity contribution >= 4 is 41.0 Å². The van der Waals surface area contributed by atoms with E-state index in [0.29, 0.717) is 29.1 Å². The molecule has 1 spiro atoms. The monoisotopic (exact) mass is 661 g/mol. The van der Waals surface area contributed by atoms with Crippen molar-refractivity contribution in [3.05, 3.63) is 89.5 Å². The number of amides is 3. The van der Waals surface area contributed by atoms with Crippen molar-refractivity contribution in [3.8, 4) is 0 Å². The Morgan fingerprint density at radius 3 is 2.49 bits per heavy atom. The molecule has 6 rings (SSSR count). The van der Waals surface area contributed by atoms with Gasteiger partial charge in [0.05, 0.1) is 41.9 Å². The van der Waals surface area contributed by atoms with Gasteiger partial charge >= 0.3 is 5.97 Å². The van der Waals surface area contributed by atoms with Crippen LogP contribution < -0.4 is 10.2 Å². The number of ether oxygens (including phenoxy) is 2. The Balaban J connectivity index is 1.47. The van der Waals surface area contributed by atoms with Crippen LogP contribution in [0.3, 0.4) is 0 Å². The number of carbonyl (C=O) groups is 4. The summed E-state index contributed by atoms with van der Waals surface area (Å²) in [6, 6.07) is 14.2. The van der Waals surface area contributed by atoms with Crippen LogP contribution in [0.1, 0.15) is 44.8 Å². The second-order valence-corrected chi connectivity index (χ2v) is 13.4. The van der Waals surface area contributed by atoms with Crippen molar-refractivity contribution in [1.29, 1.82) is 0 Å². The zero-order chi connectivity index (χ0) is 33.3. The van der Waals surface area contributed by atoms with Gasteiger partial charge in [0, 0.05) is 13.0 Å². The van der Waals surface area contributed by atoms with Crippen molar-refractivity contribution in [2.24, 2.45) is 17.8 Å². The number of aliphatic hydroxyl groups is 1. The number of fused-ring (bicyclic) bond motifs is 2. The van der Waals surface area contributed by atoms with E-state index in [4.69, 9.17) is 21.1 Å². The van der Waals surface area contributed by atoms with Crippen molar-refractivity contribution in [3.63, 3.8) is 0 Å². The van der Waals surface area contributed by atoms with Crippen LogP contribution in [-0.4, -0.2) is 77.2 Å². The minimum atomic E-state index is -1.47. The van der Waals surface area contributed by atoms with E-state index in [1.807, 2.05) is 50.3 Å². The Bertz CT molecular complexity index is 1580. The van der Waals surface area contributed by atoms with Gasteiger partial charge in [-0.05, 0) is 36.5 Å². The second kappa shape index (κ2) is 13.6. The first-order valence-corrected chi connectivity index (χ1v) is 16.6. The zero-order valence-electron chi connectivity index (χ0n) is 26.5. The Kier molecular flexibility index (Phi) is 9.55. The average Bonchev–Trinajstić information content (AvgIpc) is 3.71. The van der Waals surface area contributed by atoms with Gasteiger partial charge in [-0.2, -0.15) is 0 Å². The second-order valence-electron chi connectivity index (χ2n) is 13.0. The molecular weight excluding hydrogens is 622 g/mol. The molecule has 0 aromatic heterocycles. The van der Waals surface area contributed by atoms with E-state index in [-0.39, 0.29) is 37.9 Å². The van der Waals surface area contributed by atoms with Gasteiger partial charge in [0.15, 0.2) is 0 Å². The van der Waals surface area contributed by atoms with Crippen molar-refractivity contribution < 1.29 is 33.8 Å². The summed E-state index contributed by atoms with van der Waals surface area (Å²) in [4.78, 5) is 59.5. The number of esters is 1. The first-order valence-electron chi connectivity index (χ1n) is 16.2. The topological polar surface area (TPSA) is 125 Å². The molecule has 2 N–H and O–H groups in total. The number of hydrogen-bond donors (Lipinski definition) is 2. The van der Waals surface area contributed by atoms with Gasteiger partial charge < -0.3 is 29.7 Å². The number of cyclic esters (lactones) is 1. The number of hydrogen-bond acceptors (Lipinski definition) is 7. The largest absolute Gasteiger partial charge is 0.455 e. The summed E-state index contributed by atoms with van der Waals surface area (Å²) in [6.45, 7) is 3.74. The highest BCUT2D eigenvalue weighted by atomic mass is 35.5. The maximum atomic E-state index is 15.0. The first-order chi connectivity index (χ1) is 22.7. The lowest BCUT2D eigenvalue weighted by molar-refractivity contribution is -0.160. The van der Waals surface area contributed by atoms with E-state index in [0.717, 1.165) is 0 Å². The highest BCUT2D eigenvalue weighted by molar-refractivity contribution is 6.34. The standard InChI is InChI=1S/C36H40ClN3O7/c1-22(2)19-24(21-41)40-32-34(44)39(26-14-9-8-13-25(26)37)18-10-4-7-15-29(42)38-20-28(23-11-5-3-6-12-23)46-35(45)30-27-16-17-36(32,47-27)31(30)33(40)43/h3-6,8-14,16-17,22,24,27-28,30-32,41H,7,15,18-21H2,1-2H3,(H,38,42)/b10-4-/t24-,27+,28+,30-,31-,32+,36-/m1/s1. The molecule has 11 heteroatoms. The van der Waals surface area contributed by atoms with Crippen LogP contribution in [0, 0.1) is 17.8 Å². The Labute approximate surface area is 279 Å². The van der Waals surface area contributed by atoms with Crippen LogP contribution in [0.25, 0.3) is 0 Å². The van der Waals surface area contributed by atoms with Gasteiger partial charge in [-0.25, -0.2) is 0 Å². The quantitative estimate of drug-likeness (QED) is 0.354. The zero-order valence-corrected chi connectivity index (χ0v) is 27.2. The molecule has 3 amide bonds. The minimum Gasteiger partial charge on any atom is -0.455 e. The Morgan fingerprint density at radius 1 is 1.02 bits per heavy atom. The van der Waals surface area contributed by atoms with Gasteiger partial charge in [0.2, 0.25) is 11.8 Å². The molecule has 0 unspecified atom stereocenters. The lowest BCUT2D eigenvalue weighted by atomic mass is 9.74. The third kappa shape index (κ3) is 6.10. The SMILES string of the molecule is CC(C)C[C@H](CO)N1C(=O)[C@H]2[C@@H]3C(=O)O[C@H](c4ccccc4)CNC(=O)CC/C=C\CN(c4ccccc4Cl)C(=O)[C@H]1[C@@]21C=C[C@@H]3O1. The molecule has 47 heavy (non-hydrogen) atoms. The van der Waals surface area contributed by atoms with Crippen molar-refractivity contribution in [2.75, 3.05) is 24.6 Å². The summed E-state index contributed by atoms with van der Waals surface area (Å²) >= 11 is 6.64. The van der Waals surface area contributed by atoms with Crippen LogP contribution in [0.15, 0.2) is 78.9 Å². The van der Waals surface area contributed by atoms with E-state index in [1.54, 1.807) is 42.5 Å². The fraction of sp³-hybridized carbons (Fsp3) is 0.444. The molecule has 2 aromatic carbocycles. The normalized spacial score (nSPS) is 30.8. The number of benzene rings is 2. The van der Waals surface area contributed by atoms with Gasteiger partial charge in [-0.1, -0.05) is 92.2 Å². The summed E-state index contributed by atoms with van der Waals surface area (Å²) in [7, 11) is 0. The smallest absolute Gasteiger partial charge is 0.313 e. The molecule has 2 aromatic rings. The van der Waals surface area contributed by atoms with Gasteiger partial charge in [-0.15, -0.1) is 0 Å². The fourth-order valence-corrected chi connectivity index (χ4v) is 7.65. The predicted octanol–water partition coefficient (Wildman–Crippen LogP) is 3.98. The molecular formula is C36H40ClN3O7. The number of anilines is 1. The average molecular weight is 662 g/mol. The van der Waals surface area contributed by atoms with Crippen molar-refractivity contribution in [2.45, 2.75) is 63.0 Å². The number of aliphatic hydroxyl groups excluding tert-OH is 1. The maximum absolute atomic E-state index is 15.0. The Hall–Kier alpha value is -3.99. The Morgan fingerprint density at radius 2 is 1.77 bits per heavy atom. The predicted molar refractivity (Wildman–Crippen MR) is 175 cm³/mol. The molecule has 248 valence electrons. The lowest BCUT2D eigenvalue weighted by Gasteiger charge is -2.39. The number of rotatable bonds is 6. The summed E-state index contributed by atoms with van der Waals surface area (Å²) in [5.74, 6) is -3.79. The van der Waals surface area contributed by atoms with E-state index in [2.05, 4.69) is 5.32 Å². The fourth-order valence-electron chi connectivity index (χ4n) is 7.42. The highest BCUT2D eigenvalue weighted by Gasteiger charge is 2.74. The van der Waals surface area contributed by atoms with E-state index in [9.17, 15) is 24.3 Å². The van der Waals surface area contributed by atoms with Crippen LogP contribution >= 0.6 is 11.6 Å². The molecule has 0 radical (unpaired) electrons. The molecule has 10 nitrogen and oxygen atoms in total. The van der Waals surface area contributed by atoms with Gasteiger partial charge in [0.25, 0.3) is 5.91 Å². The molecule has 0 saturated carbocycles. The maximum Gasteiger partial charge on any atom is 0.313 e. The molecule has 2 fully saturated rings. The third-order valence-electron chi connectivity index (χ3n) is 9.48. The summed E-state index contributed by atoms with van der Waals surface area (Å²) < 4.78 is 12.6. The van der Waals surface area contributed by atoms with Crippen molar-refractivity contribution in [1.82, 2.24) is 10.2 Å². The minimum absolute atomic E-state index is 0.0463. The summed E-state index contributed by atoms with van der Waals surface area (Å²) in [5, 5.41) is 13.8. The van der Waals surface area contributed by atoms with Crippen LogP contribution in [-0.2, 0) is 28.7 Å². The lowest BCUT2D eigenvalue weighted by Crippen LogP contribution is -2.59. The molecule has 4 heterocycles. The van der Waals surface area contributed by atoms with Gasteiger partial charge in [-0.3, -0.25) is 19.2 Å². The third-order valence-corrected chi connectivity index (χ3v) is 9.80. The molecule has 4 aliphatic heterocycles. The number of nitrogens with one attached hydrogen (secondary N) is 1. The molecule has 5 bridgehead atoms. The van der Waals surface area contributed by atoms with Gasteiger partial charge in [0.1, 0.15) is 23.7 Å².